The number of rotatable bonds is 9. The van der Waals surface area contributed by atoms with E-state index in [1.54, 1.807) is 37.2 Å². The summed E-state index contributed by atoms with van der Waals surface area (Å²) in [4.78, 5) is 30.7. The van der Waals surface area contributed by atoms with E-state index in [1.165, 1.54) is 4.57 Å². The van der Waals surface area contributed by atoms with Crippen molar-refractivity contribution in [2.24, 2.45) is 0 Å². The minimum Gasteiger partial charge on any atom is -0.497 e. The summed E-state index contributed by atoms with van der Waals surface area (Å²) in [6.45, 7) is 0.543. The number of ether oxygens (including phenoxy) is 2. The van der Waals surface area contributed by atoms with Crippen LogP contribution in [0.15, 0.2) is 88.7 Å². The molecule has 0 fully saturated rings. The molecule has 7 heteroatoms. The van der Waals surface area contributed by atoms with E-state index in [1.807, 2.05) is 60.7 Å². The molecule has 0 aliphatic rings. The molecule has 4 aromatic rings. The fourth-order valence-corrected chi connectivity index (χ4v) is 3.83. The number of hydrogen-bond donors (Lipinski definition) is 0. The SMILES string of the molecule is COc1ccc(Cn2c(CCc3cccnc3)cc(=O)n(Cc3ccc(OC)cc3)c2=O)cc1. The van der Waals surface area contributed by atoms with E-state index >= 15 is 0 Å². The molecular formula is C27H27N3O4. The molecule has 34 heavy (non-hydrogen) atoms. The Bertz CT molecular complexity index is 1340. The van der Waals surface area contributed by atoms with Gasteiger partial charge in [0.15, 0.2) is 0 Å². The highest BCUT2D eigenvalue weighted by Crippen LogP contribution is 2.14. The Kier molecular flexibility index (Phi) is 7.22. The lowest BCUT2D eigenvalue weighted by molar-refractivity contribution is 0.414. The van der Waals surface area contributed by atoms with Gasteiger partial charge in [0.25, 0.3) is 5.56 Å². The Labute approximate surface area is 197 Å². The van der Waals surface area contributed by atoms with E-state index < -0.39 is 0 Å². The summed E-state index contributed by atoms with van der Waals surface area (Å²) in [6, 6.07) is 20.4. The van der Waals surface area contributed by atoms with Crippen LogP contribution in [0.4, 0.5) is 0 Å². The summed E-state index contributed by atoms with van der Waals surface area (Å²) in [5.74, 6) is 1.47. The topological polar surface area (TPSA) is 75.3 Å². The zero-order valence-corrected chi connectivity index (χ0v) is 19.3. The molecule has 2 heterocycles. The van der Waals surface area contributed by atoms with Crippen LogP contribution in [0.25, 0.3) is 0 Å². The second-order valence-electron chi connectivity index (χ2n) is 7.99. The van der Waals surface area contributed by atoms with Crippen molar-refractivity contribution in [1.82, 2.24) is 14.1 Å². The number of aromatic nitrogens is 3. The molecule has 0 N–H and O–H groups in total. The van der Waals surface area contributed by atoms with Crippen LogP contribution in [0.3, 0.4) is 0 Å². The molecular weight excluding hydrogens is 430 g/mol. The molecule has 2 aromatic carbocycles. The molecule has 0 aliphatic heterocycles. The van der Waals surface area contributed by atoms with Gasteiger partial charge in [0.05, 0.1) is 27.3 Å². The van der Waals surface area contributed by atoms with Gasteiger partial charge in [0.1, 0.15) is 11.5 Å². The summed E-state index contributed by atoms with van der Waals surface area (Å²) in [7, 11) is 3.21. The van der Waals surface area contributed by atoms with E-state index in [0.29, 0.717) is 25.1 Å². The Morgan fingerprint density at radius 1 is 0.735 bits per heavy atom. The van der Waals surface area contributed by atoms with Gasteiger partial charge in [0.2, 0.25) is 0 Å². The average Bonchev–Trinajstić information content (AvgIpc) is 2.88. The molecule has 0 radical (unpaired) electrons. The highest BCUT2D eigenvalue weighted by Gasteiger charge is 2.13. The van der Waals surface area contributed by atoms with Crippen molar-refractivity contribution in [3.63, 3.8) is 0 Å². The molecule has 0 unspecified atom stereocenters. The number of nitrogens with zero attached hydrogens (tertiary/aromatic N) is 3. The zero-order valence-electron chi connectivity index (χ0n) is 19.3. The minimum atomic E-state index is -0.333. The third kappa shape index (κ3) is 5.43. The fraction of sp³-hybridized carbons (Fsp3) is 0.222. The Hall–Kier alpha value is -4.13. The fourth-order valence-electron chi connectivity index (χ4n) is 3.83. The molecule has 174 valence electrons. The largest absolute Gasteiger partial charge is 0.497 e. The lowest BCUT2D eigenvalue weighted by Gasteiger charge is -2.16. The van der Waals surface area contributed by atoms with Crippen molar-refractivity contribution in [2.75, 3.05) is 14.2 Å². The smallest absolute Gasteiger partial charge is 0.331 e. The number of methoxy groups -OCH3 is 2. The van der Waals surface area contributed by atoms with Crippen molar-refractivity contribution in [1.29, 1.82) is 0 Å². The summed E-state index contributed by atoms with van der Waals surface area (Å²) in [5.41, 5.74) is 2.89. The van der Waals surface area contributed by atoms with Crippen LogP contribution in [-0.2, 0) is 25.9 Å². The molecule has 4 rings (SSSR count). The minimum absolute atomic E-state index is 0.188. The molecule has 7 nitrogen and oxygen atoms in total. The van der Waals surface area contributed by atoms with Gasteiger partial charge in [-0.2, -0.15) is 0 Å². The van der Waals surface area contributed by atoms with Crippen LogP contribution in [0.1, 0.15) is 22.4 Å². The van der Waals surface area contributed by atoms with E-state index in [0.717, 1.165) is 28.2 Å². The van der Waals surface area contributed by atoms with Gasteiger partial charge in [-0.05, 0) is 59.9 Å². The first-order valence-corrected chi connectivity index (χ1v) is 11.1. The highest BCUT2D eigenvalue weighted by molar-refractivity contribution is 5.29. The normalized spacial score (nSPS) is 10.8. The second-order valence-corrected chi connectivity index (χ2v) is 7.99. The van der Waals surface area contributed by atoms with E-state index in [-0.39, 0.29) is 17.8 Å². The first kappa shape index (κ1) is 23.0. The number of aryl methyl sites for hydroxylation is 2. The summed E-state index contributed by atoms with van der Waals surface area (Å²) in [5, 5.41) is 0. The first-order chi connectivity index (χ1) is 16.6. The van der Waals surface area contributed by atoms with Crippen LogP contribution in [-0.4, -0.2) is 28.3 Å². The molecule has 0 aliphatic carbocycles. The zero-order chi connectivity index (χ0) is 23.9. The molecule has 0 amide bonds. The monoisotopic (exact) mass is 457 g/mol. The van der Waals surface area contributed by atoms with Gasteiger partial charge < -0.3 is 9.47 Å². The third-order valence-corrected chi connectivity index (χ3v) is 5.76. The van der Waals surface area contributed by atoms with Gasteiger partial charge in [-0.3, -0.25) is 18.9 Å². The highest BCUT2D eigenvalue weighted by atomic mass is 16.5. The Balaban J connectivity index is 1.70. The van der Waals surface area contributed by atoms with E-state index in [4.69, 9.17) is 9.47 Å². The van der Waals surface area contributed by atoms with Gasteiger partial charge >= 0.3 is 5.69 Å². The lowest BCUT2D eigenvalue weighted by atomic mass is 10.1. The van der Waals surface area contributed by atoms with Crippen molar-refractivity contribution >= 4 is 0 Å². The van der Waals surface area contributed by atoms with Crippen LogP contribution in [0.2, 0.25) is 0 Å². The number of pyridine rings is 1. The van der Waals surface area contributed by atoms with Crippen molar-refractivity contribution in [3.8, 4) is 11.5 Å². The Morgan fingerprint density at radius 3 is 1.85 bits per heavy atom. The standard InChI is InChI=1S/C27H27N3O4/c1-33-24-11-6-21(7-12-24)18-29-23(10-5-20-4-3-15-28-17-20)16-26(31)30(27(29)32)19-22-8-13-25(34-2)14-9-22/h3-4,6-9,11-17H,5,10,18-19H2,1-2H3. The van der Waals surface area contributed by atoms with Crippen LogP contribution >= 0.6 is 0 Å². The first-order valence-electron chi connectivity index (χ1n) is 11.1. The second kappa shape index (κ2) is 10.7. The van der Waals surface area contributed by atoms with Crippen molar-refractivity contribution in [2.45, 2.75) is 25.9 Å². The van der Waals surface area contributed by atoms with Gasteiger partial charge in [0, 0.05) is 24.2 Å². The average molecular weight is 458 g/mol. The lowest BCUT2D eigenvalue weighted by Crippen LogP contribution is -2.41. The number of hydrogen-bond acceptors (Lipinski definition) is 5. The predicted molar refractivity (Wildman–Crippen MR) is 131 cm³/mol. The molecule has 0 saturated heterocycles. The quantitative estimate of drug-likeness (QED) is 0.386. The third-order valence-electron chi connectivity index (χ3n) is 5.76. The summed E-state index contributed by atoms with van der Waals surface area (Å²) < 4.78 is 13.4. The maximum Gasteiger partial charge on any atom is 0.331 e. The molecule has 0 spiro atoms. The number of benzene rings is 2. The maximum atomic E-state index is 13.5. The molecule has 0 bridgehead atoms. The van der Waals surface area contributed by atoms with Gasteiger partial charge in [-0.1, -0.05) is 30.3 Å². The van der Waals surface area contributed by atoms with Crippen LogP contribution in [0.5, 0.6) is 11.5 Å². The molecule has 0 saturated carbocycles. The van der Waals surface area contributed by atoms with Crippen molar-refractivity contribution < 1.29 is 9.47 Å². The summed E-state index contributed by atoms with van der Waals surface area (Å²) >= 11 is 0. The maximum absolute atomic E-state index is 13.5. The van der Waals surface area contributed by atoms with Gasteiger partial charge in [-0.15, -0.1) is 0 Å². The van der Waals surface area contributed by atoms with Crippen molar-refractivity contribution in [3.05, 3.63) is 122 Å². The summed E-state index contributed by atoms with van der Waals surface area (Å²) in [6.07, 6.45) is 4.76. The van der Waals surface area contributed by atoms with Crippen LogP contribution in [0, 0.1) is 0 Å². The van der Waals surface area contributed by atoms with Crippen LogP contribution < -0.4 is 20.7 Å². The van der Waals surface area contributed by atoms with E-state index in [9.17, 15) is 9.59 Å². The molecule has 2 aromatic heterocycles. The Morgan fingerprint density at radius 2 is 1.32 bits per heavy atom. The molecule has 0 atom stereocenters. The van der Waals surface area contributed by atoms with Gasteiger partial charge in [-0.25, -0.2) is 4.79 Å². The van der Waals surface area contributed by atoms with E-state index in [2.05, 4.69) is 4.98 Å². The predicted octanol–water partition coefficient (Wildman–Crippen LogP) is 3.30.